The van der Waals surface area contributed by atoms with Gasteiger partial charge >= 0.3 is 0 Å². The minimum atomic E-state index is 0.822. The third kappa shape index (κ3) is 2.26. The Balaban J connectivity index is 1.90. The molecule has 0 saturated carbocycles. The maximum atomic E-state index is 4.50. The fourth-order valence-corrected chi connectivity index (χ4v) is 4.00. The van der Waals surface area contributed by atoms with Crippen molar-refractivity contribution < 1.29 is 0 Å². The number of piperidine rings is 1. The zero-order valence-corrected chi connectivity index (χ0v) is 12.8. The van der Waals surface area contributed by atoms with Crippen molar-refractivity contribution in [3.8, 4) is 0 Å². The van der Waals surface area contributed by atoms with E-state index in [1.807, 2.05) is 0 Å². The standard InChI is InChI=1S/C13H16BrN3S/c1-9-6-11-12(15-8-16-13(11)18-9)17-4-2-10(7-14)3-5-17/h6,8,10H,2-5,7H2,1H3. The summed E-state index contributed by atoms with van der Waals surface area (Å²) in [5, 5.41) is 2.34. The Morgan fingerprint density at radius 1 is 1.39 bits per heavy atom. The molecule has 0 aliphatic carbocycles. The molecule has 0 amide bonds. The van der Waals surface area contributed by atoms with Crippen molar-refractivity contribution in [3.63, 3.8) is 0 Å². The predicted molar refractivity (Wildman–Crippen MR) is 80.9 cm³/mol. The van der Waals surface area contributed by atoms with E-state index in [9.17, 15) is 0 Å². The van der Waals surface area contributed by atoms with Crippen molar-refractivity contribution >= 4 is 43.3 Å². The number of aromatic nitrogens is 2. The highest BCUT2D eigenvalue weighted by Gasteiger charge is 2.21. The number of halogens is 1. The van der Waals surface area contributed by atoms with Gasteiger partial charge in [-0.25, -0.2) is 9.97 Å². The fourth-order valence-electron chi connectivity index (χ4n) is 2.51. The lowest BCUT2D eigenvalue weighted by atomic mass is 9.99. The van der Waals surface area contributed by atoms with Crippen LogP contribution < -0.4 is 4.90 Å². The minimum absolute atomic E-state index is 0.822. The third-order valence-corrected chi connectivity index (χ3v) is 5.44. The number of hydrogen-bond acceptors (Lipinski definition) is 4. The number of thiophene rings is 1. The molecule has 3 nitrogen and oxygen atoms in total. The first-order chi connectivity index (χ1) is 8.78. The number of nitrogens with zero attached hydrogens (tertiary/aromatic N) is 3. The average molecular weight is 326 g/mol. The van der Waals surface area contributed by atoms with Crippen LogP contribution in [0, 0.1) is 12.8 Å². The van der Waals surface area contributed by atoms with Crippen molar-refractivity contribution in [2.45, 2.75) is 19.8 Å². The molecule has 1 fully saturated rings. The molecule has 96 valence electrons. The summed E-state index contributed by atoms with van der Waals surface area (Å²) in [7, 11) is 0. The van der Waals surface area contributed by atoms with E-state index < -0.39 is 0 Å². The quantitative estimate of drug-likeness (QED) is 0.790. The fraction of sp³-hybridized carbons (Fsp3) is 0.538. The van der Waals surface area contributed by atoms with Gasteiger partial charge in [-0.15, -0.1) is 11.3 Å². The first-order valence-corrected chi connectivity index (χ1v) is 8.24. The van der Waals surface area contributed by atoms with Gasteiger partial charge in [0.25, 0.3) is 0 Å². The van der Waals surface area contributed by atoms with E-state index in [4.69, 9.17) is 0 Å². The van der Waals surface area contributed by atoms with Crippen LogP contribution >= 0.6 is 27.3 Å². The van der Waals surface area contributed by atoms with Gasteiger partial charge in [0.05, 0.1) is 5.39 Å². The molecule has 3 rings (SSSR count). The van der Waals surface area contributed by atoms with Gasteiger partial charge in [0.15, 0.2) is 0 Å². The SMILES string of the molecule is Cc1cc2c(N3CCC(CBr)CC3)ncnc2s1. The molecule has 0 radical (unpaired) electrons. The smallest absolute Gasteiger partial charge is 0.140 e. The molecule has 0 N–H and O–H groups in total. The maximum Gasteiger partial charge on any atom is 0.140 e. The van der Waals surface area contributed by atoms with Crippen LogP contribution in [0.3, 0.4) is 0 Å². The Morgan fingerprint density at radius 3 is 2.89 bits per heavy atom. The normalized spacial score (nSPS) is 17.6. The third-order valence-electron chi connectivity index (χ3n) is 3.56. The molecule has 1 aliphatic rings. The van der Waals surface area contributed by atoms with E-state index in [0.29, 0.717) is 0 Å². The molecule has 0 unspecified atom stereocenters. The number of aryl methyl sites for hydroxylation is 1. The monoisotopic (exact) mass is 325 g/mol. The topological polar surface area (TPSA) is 29.0 Å². The molecule has 0 atom stereocenters. The van der Waals surface area contributed by atoms with Crippen LogP contribution in [0.4, 0.5) is 5.82 Å². The lowest BCUT2D eigenvalue weighted by molar-refractivity contribution is 0.446. The maximum absolute atomic E-state index is 4.50. The Bertz CT molecular complexity index is 546. The van der Waals surface area contributed by atoms with Gasteiger partial charge in [-0.1, -0.05) is 15.9 Å². The van der Waals surface area contributed by atoms with E-state index >= 15 is 0 Å². The Morgan fingerprint density at radius 2 is 2.17 bits per heavy atom. The van der Waals surface area contributed by atoms with E-state index in [1.54, 1.807) is 17.7 Å². The number of rotatable bonds is 2. The Hall–Kier alpha value is -0.680. The average Bonchev–Trinajstić information content (AvgIpc) is 2.79. The van der Waals surface area contributed by atoms with E-state index in [1.165, 1.54) is 23.1 Å². The van der Waals surface area contributed by atoms with Crippen LogP contribution in [0.15, 0.2) is 12.4 Å². The summed E-state index contributed by atoms with van der Waals surface area (Å²) in [5.41, 5.74) is 0. The zero-order valence-electron chi connectivity index (χ0n) is 10.4. The van der Waals surface area contributed by atoms with Crippen LogP contribution in [-0.4, -0.2) is 28.4 Å². The number of anilines is 1. The predicted octanol–water partition coefficient (Wildman–Crippen LogP) is 3.61. The summed E-state index contributed by atoms with van der Waals surface area (Å²) in [4.78, 5) is 13.7. The van der Waals surface area contributed by atoms with E-state index in [0.717, 1.165) is 35.0 Å². The molecule has 1 aliphatic heterocycles. The number of hydrogen-bond donors (Lipinski definition) is 0. The van der Waals surface area contributed by atoms with Crippen LogP contribution in [0.5, 0.6) is 0 Å². The highest BCUT2D eigenvalue weighted by atomic mass is 79.9. The van der Waals surface area contributed by atoms with Gasteiger partial charge in [0, 0.05) is 23.3 Å². The first-order valence-electron chi connectivity index (χ1n) is 6.30. The summed E-state index contributed by atoms with van der Waals surface area (Å²) in [6.07, 6.45) is 4.20. The van der Waals surface area contributed by atoms with Gasteiger partial charge in [-0.2, -0.15) is 0 Å². The van der Waals surface area contributed by atoms with Crippen molar-refractivity contribution in [1.29, 1.82) is 0 Å². The molecule has 2 aromatic heterocycles. The number of alkyl halides is 1. The van der Waals surface area contributed by atoms with Crippen molar-refractivity contribution in [2.75, 3.05) is 23.3 Å². The second-order valence-electron chi connectivity index (χ2n) is 4.86. The largest absolute Gasteiger partial charge is 0.356 e. The molecule has 0 bridgehead atoms. The minimum Gasteiger partial charge on any atom is -0.356 e. The zero-order chi connectivity index (χ0) is 12.5. The summed E-state index contributed by atoms with van der Waals surface area (Å²) in [6.45, 7) is 4.35. The summed E-state index contributed by atoms with van der Waals surface area (Å²) in [5.74, 6) is 1.94. The van der Waals surface area contributed by atoms with Gasteiger partial charge in [-0.05, 0) is 31.7 Å². The van der Waals surface area contributed by atoms with E-state index in [-0.39, 0.29) is 0 Å². The molecular weight excluding hydrogens is 310 g/mol. The second-order valence-corrected chi connectivity index (χ2v) is 6.74. The van der Waals surface area contributed by atoms with E-state index in [2.05, 4.69) is 43.8 Å². The van der Waals surface area contributed by atoms with Gasteiger partial charge in [-0.3, -0.25) is 0 Å². The summed E-state index contributed by atoms with van der Waals surface area (Å²) < 4.78 is 0. The highest BCUT2D eigenvalue weighted by molar-refractivity contribution is 9.09. The van der Waals surface area contributed by atoms with Gasteiger partial charge in [0.1, 0.15) is 17.0 Å². The molecule has 5 heteroatoms. The first kappa shape index (κ1) is 12.4. The lowest BCUT2D eigenvalue weighted by Gasteiger charge is -2.32. The van der Waals surface area contributed by atoms with Gasteiger partial charge in [0.2, 0.25) is 0 Å². The lowest BCUT2D eigenvalue weighted by Crippen LogP contribution is -2.34. The molecule has 0 spiro atoms. The van der Waals surface area contributed by atoms with Crippen LogP contribution in [-0.2, 0) is 0 Å². The highest BCUT2D eigenvalue weighted by Crippen LogP contribution is 2.32. The van der Waals surface area contributed by atoms with Crippen molar-refractivity contribution in [3.05, 3.63) is 17.3 Å². The molecular formula is C13H16BrN3S. The number of fused-ring (bicyclic) bond motifs is 1. The van der Waals surface area contributed by atoms with Gasteiger partial charge < -0.3 is 4.90 Å². The summed E-state index contributed by atoms with van der Waals surface area (Å²) in [6, 6.07) is 2.21. The summed E-state index contributed by atoms with van der Waals surface area (Å²) >= 11 is 5.34. The Labute approximate surface area is 119 Å². The molecule has 0 aromatic carbocycles. The molecule has 1 saturated heterocycles. The van der Waals surface area contributed by atoms with Crippen LogP contribution in [0.25, 0.3) is 10.2 Å². The van der Waals surface area contributed by atoms with Crippen LogP contribution in [0.2, 0.25) is 0 Å². The van der Waals surface area contributed by atoms with Crippen LogP contribution in [0.1, 0.15) is 17.7 Å². The molecule has 3 heterocycles. The van der Waals surface area contributed by atoms with Crippen molar-refractivity contribution in [1.82, 2.24) is 9.97 Å². The van der Waals surface area contributed by atoms with Crippen molar-refractivity contribution in [2.24, 2.45) is 5.92 Å². The molecule has 2 aromatic rings. The molecule has 18 heavy (non-hydrogen) atoms. The Kier molecular flexibility index (Phi) is 3.52. The second kappa shape index (κ2) is 5.13.